The second-order valence-corrected chi connectivity index (χ2v) is 7.05. The summed E-state index contributed by atoms with van der Waals surface area (Å²) in [4.78, 5) is 10.5. The van der Waals surface area contributed by atoms with Crippen LogP contribution in [-0.2, 0) is 0 Å². The highest BCUT2D eigenvalue weighted by Crippen LogP contribution is 2.50. The first-order valence-corrected chi connectivity index (χ1v) is 8.04. The Morgan fingerprint density at radius 1 is 1.38 bits per heavy atom. The zero-order valence-corrected chi connectivity index (χ0v) is 13.2. The molecule has 2 aliphatic rings. The van der Waals surface area contributed by atoms with Crippen LogP contribution in [0.15, 0.2) is 12.1 Å². The Balaban J connectivity index is 1.75. The third kappa shape index (κ3) is 2.73. The van der Waals surface area contributed by atoms with Crippen LogP contribution in [0, 0.1) is 34.8 Å². The first-order valence-electron chi connectivity index (χ1n) is 7.66. The average molecular weight is 309 g/mol. The maximum atomic E-state index is 10.9. The molecule has 0 aliphatic heterocycles. The van der Waals surface area contributed by atoms with Gasteiger partial charge in [0.2, 0.25) is 0 Å². The lowest BCUT2D eigenvalue weighted by atomic mass is 9.84. The predicted octanol–water partition coefficient (Wildman–Crippen LogP) is 4.79. The van der Waals surface area contributed by atoms with Crippen LogP contribution in [0.25, 0.3) is 0 Å². The number of nitrogens with zero attached hydrogens (tertiary/aromatic N) is 1. The molecule has 0 saturated heterocycles. The lowest BCUT2D eigenvalue weighted by molar-refractivity contribution is -0.384. The summed E-state index contributed by atoms with van der Waals surface area (Å²) in [6.07, 6.45) is 5.47. The third-order valence-corrected chi connectivity index (χ3v) is 5.61. The minimum atomic E-state index is -0.432. The van der Waals surface area contributed by atoms with Crippen LogP contribution < -0.4 is 5.32 Å². The first kappa shape index (κ1) is 14.6. The maximum absolute atomic E-state index is 10.9. The molecular weight excluding hydrogens is 288 g/mol. The molecule has 1 aromatic carbocycles. The van der Waals surface area contributed by atoms with E-state index >= 15 is 0 Å². The highest BCUT2D eigenvalue weighted by molar-refractivity contribution is 6.33. The summed E-state index contributed by atoms with van der Waals surface area (Å²) in [5.41, 5.74) is 1.77. The molecule has 0 amide bonds. The maximum Gasteiger partial charge on any atom is 0.288 e. The molecule has 2 saturated carbocycles. The largest absolute Gasteiger partial charge is 0.382 e. The summed E-state index contributed by atoms with van der Waals surface area (Å²) in [6.45, 7) is 4.11. The topological polar surface area (TPSA) is 55.2 Å². The lowest BCUT2D eigenvalue weighted by Gasteiger charge is -2.29. The van der Waals surface area contributed by atoms with E-state index in [1.807, 2.05) is 6.92 Å². The van der Waals surface area contributed by atoms with Gasteiger partial charge < -0.3 is 5.32 Å². The highest BCUT2D eigenvalue weighted by Gasteiger charge is 2.41. The molecule has 5 heteroatoms. The van der Waals surface area contributed by atoms with Gasteiger partial charge in [0.25, 0.3) is 5.69 Å². The molecule has 21 heavy (non-hydrogen) atoms. The molecule has 114 valence electrons. The minimum Gasteiger partial charge on any atom is -0.382 e. The van der Waals surface area contributed by atoms with Gasteiger partial charge in [0.05, 0.1) is 4.92 Å². The number of rotatable bonds is 4. The highest BCUT2D eigenvalue weighted by atomic mass is 35.5. The quantitative estimate of drug-likeness (QED) is 0.642. The molecule has 4 unspecified atom stereocenters. The standard InChI is InChI=1S/C16H21ClN2O2/c1-9-5-16(19(20)21)14(17)8-15(9)18-10(2)13-7-11-3-4-12(13)6-11/h5,8,10-13,18H,3-4,6-7H2,1-2H3. The van der Waals surface area contributed by atoms with Crippen LogP contribution in [0.2, 0.25) is 5.02 Å². The Kier molecular flexibility index (Phi) is 3.82. The average Bonchev–Trinajstić information content (AvgIpc) is 3.04. The zero-order chi connectivity index (χ0) is 15.1. The van der Waals surface area contributed by atoms with Crippen LogP contribution in [0.4, 0.5) is 11.4 Å². The molecule has 4 atom stereocenters. The van der Waals surface area contributed by atoms with Gasteiger partial charge in [-0.2, -0.15) is 0 Å². The van der Waals surface area contributed by atoms with Gasteiger partial charge in [0.15, 0.2) is 0 Å². The zero-order valence-electron chi connectivity index (χ0n) is 12.4. The smallest absolute Gasteiger partial charge is 0.288 e. The van der Waals surface area contributed by atoms with Crippen molar-refractivity contribution in [3.05, 3.63) is 32.8 Å². The van der Waals surface area contributed by atoms with E-state index in [-0.39, 0.29) is 10.7 Å². The summed E-state index contributed by atoms with van der Waals surface area (Å²) < 4.78 is 0. The van der Waals surface area contributed by atoms with Gasteiger partial charge in [-0.25, -0.2) is 0 Å². The molecule has 0 radical (unpaired) electrons. The van der Waals surface area contributed by atoms with E-state index < -0.39 is 4.92 Å². The van der Waals surface area contributed by atoms with E-state index in [2.05, 4.69) is 12.2 Å². The molecule has 2 fully saturated rings. The fourth-order valence-electron chi connectivity index (χ4n) is 4.22. The van der Waals surface area contributed by atoms with Crippen molar-refractivity contribution in [2.45, 2.75) is 45.6 Å². The number of aryl methyl sites for hydroxylation is 1. The van der Waals surface area contributed by atoms with E-state index in [9.17, 15) is 10.1 Å². The van der Waals surface area contributed by atoms with Crippen LogP contribution >= 0.6 is 11.6 Å². The summed E-state index contributed by atoms with van der Waals surface area (Å²) >= 11 is 6.02. The van der Waals surface area contributed by atoms with Gasteiger partial charge in [0, 0.05) is 17.8 Å². The fourth-order valence-corrected chi connectivity index (χ4v) is 4.45. The molecule has 0 aromatic heterocycles. The molecule has 1 aromatic rings. The van der Waals surface area contributed by atoms with Gasteiger partial charge in [-0.3, -0.25) is 10.1 Å². The number of fused-ring (bicyclic) bond motifs is 2. The van der Waals surface area contributed by atoms with Crippen molar-refractivity contribution in [2.75, 3.05) is 5.32 Å². The molecule has 0 spiro atoms. The monoisotopic (exact) mass is 308 g/mol. The molecule has 1 N–H and O–H groups in total. The van der Waals surface area contributed by atoms with E-state index in [0.29, 0.717) is 6.04 Å². The van der Waals surface area contributed by atoms with Crippen LogP contribution in [0.1, 0.15) is 38.2 Å². The van der Waals surface area contributed by atoms with E-state index in [4.69, 9.17) is 11.6 Å². The van der Waals surface area contributed by atoms with E-state index in [0.717, 1.165) is 29.0 Å². The summed E-state index contributed by atoms with van der Waals surface area (Å²) in [5.74, 6) is 2.49. The molecular formula is C16H21ClN2O2. The summed E-state index contributed by atoms with van der Waals surface area (Å²) in [7, 11) is 0. The van der Waals surface area contributed by atoms with E-state index in [1.54, 1.807) is 12.1 Å². The number of hydrogen-bond acceptors (Lipinski definition) is 3. The molecule has 2 bridgehead atoms. The Morgan fingerprint density at radius 3 is 2.71 bits per heavy atom. The van der Waals surface area contributed by atoms with Crippen LogP contribution in [-0.4, -0.2) is 11.0 Å². The number of hydrogen-bond donors (Lipinski definition) is 1. The van der Waals surface area contributed by atoms with Gasteiger partial charge in [0.1, 0.15) is 5.02 Å². The van der Waals surface area contributed by atoms with Crippen molar-refractivity contribution < 1.29 is 4.92 Å². The first-order chi connectivity index (χ1) is 9.95. The minimum absolute atomic E-state index is 0.0210. The fraction of sp³-hybridized carbons (Fsp3) is 0.625. The number of nitro groups is 1. The third-order valence-electron chi connectivity index (χ3n) is 5.31. The molecule has 0 heterocycles. The number of anilines is 1. The lowest BCUT2D eigenvalue weighted by Crippen LogP contribution is -2.30. The van der Waals surface area contributed by atoms with Crippen molar-refractivity contribution in [1.29, 1.82) is 0 Å². The van der Waals surface area contributed by atoms with Crippen molar-refractivity contribution in [3.8, 4) is 0 Å². The Labute approximate surface area is 130 Å². The van der Waals surface area contributed by atoms with Gasteiger partial charge in [-0.1, -0.05) is 18.0 Å². The number of halogens is 1. The second-order valence-electron chi connectivity index (χ2n) is 6.65. The van der Waals surface area contributed by atoms with Gasteiger partial charge >= 0.3 is 0 Å². The SMILES string of the molecule is Cc1cc([N+](=O)[O-])c(Cl)cc1NC(C)C1CC2CCC1C2. The summed E-state index contributed by atoms with van der Waals surface area (Å²) in [5, 5.41) is 14.6. The van der Waals surface area contributed by atoms with Crippen LogP contribution in [0.3, 0.4) is 0 Å². The Bertz CT molecular complexity index is 576. The van der Waals surface area contributed by atoms with Gasteiger partial charge in [-0.05, 0) is 62.5 Å². The molecule has 3 rings (SSSR count). The number of benzene rings is 1. The number of nitro benzene ring substituents is 1. The van der Waals surface area contributed by atoms with Crippen molar-refractivity contribution in [1.82, 2.24) is 0 Å². The van der Waals surface area contributed by atoms with Gasteiger partial charge in [-0.15, -0.1) is 0 Å². The summed E-state index contributed by atoms with van der Waals surface area (Å²) in [6, 6.07) is 3.63. The Hall–Kier alpha value is -1.29. The predicted molar refractivity (Wildman–Crippen MR) is 84.9 cm³/mol. The van der Waals surface area contributed by atoms with Crippen molar-refractivity contribution >= 4 is 23.0 Å². The Morgan fingerprint density at radius 2 is 2.14 bits per heavy atom. The van der Waals surface area contributed by atoms with Crippen molar-refractivity contribution in [2.24, 2.45) is 17.8 Å². The van der Waals surface area contributed by atoms with Crippen molar-refractivity contribution in [3.63, 3.8) is 0 Å². The second kappa shape index (κ2) is 5.48. The molecule has 4 nitrogen and oxygen atoms in total. The molecule has 2 aliphatic carbocycles. The van der Waals surface area contributed by atoms with Crippen LogP contribution in [0.5, 0.6) is 0 Å². The number of nitrogens with one attached hydrogen (secondary N) is 1. The van der Waals surface area contributed by atoms with E-state index in [1.165, 1.54) is 25.7 Å². The normalized spacial score (nSPS) is 28.6.